The Hall–Kier alpha value is -3.35. The second-order valence-corrected chi connectivity index (χ2v) is 4.98. The van der Waals surface area contributed by atoms with Crippen LogP contribution in [0.5, 0.6) is 11.5 Å². The maximum Gasteiger partial charge on any atom is 0.342 e. The molecule has 0 atom stereocenters. The molecule has 1 aromatic heterocycles. The number of benzene rings is 2. The molecule has 0 saturated heterocycles. The first kappa shape index (κ1) is 16.5. The van der Waals surface area contributed by atoms with Crippen LogP contribution in [0.4, 0.5) is 0 Å². The maximum absolute atomic E-state index is 12.3. The predicted octanol–water partition coefficient (Wildman–Crippen LogP) is 3.11. The van der Waals surface area contributed by atoms with E-state index in [4.69, 9.17) is 18.6 Å². The minimum atomic E-state index is -0.574. The highest BCUT2D eigenvalue weighted by Crippen LogP contribution is 2.31. The summed E-state index contributed by atoms with van der Waals surface area (Å²) in [6, 6.07) is 14.3. The minimum Gasteiger partial charge on any atom is -0.493 e. The molecule has 0 unspecified atom stereocenters. The summed E-state index contributed by atoms with van der Waals surface area (Å²) >= 11 is 0. The van der Waals surface area contributed by atoms with Gasteiger partial charge in [-0.3, -0.25) is 0 Å². The molecule has 0 aliphatic rings. The Morgan fingerprint density at radius 2 is 1.80 bits per heavy atom. The van der Waals surface area contributed by atoms with Crippen LogP contribution >= 0.6 is 0 Å². The highest BCUT2D eigenvalue weighted by molar-refractivity contribution is 5.93. The zero-order valence-electron chi connectivity index (χ0n) is 13.8. The Morgan fingerprint density at radius 1 is 1.00 bits per heavy atom. The molecule has 0 N–H and O–H groups in total. The second-order valence-electron chi connectivity index (χ2n) is 4.98. The minimum absolute atomic E-state index is 0.140. The largest absolute Gasteiger partial charge is 0.493 e. The van der Waals surface area contributed by atoms with Crippen LogP contribution < -0.4 is 9.47 Å². The van der Waals surface area contributed by atoms with Gasteiger partial charge in [0.2, 0.25) is 5.89 Å². The fourth-order valence-electron chi connectivity index (χ4n) is 2.26. The second kappa shape index (κ2) is 7.48. The Kier molecular flexibility index (Phi) is 4.94. The van der Waals surface area contributed by atoms with Gasteiger partial charge < -0.3 is 18.6 Å². The molecule has 25 heavy (non-hydrogen) atoms. The van der Waals surface area contributed by atoms with Crippen LogP contribution in [-0.4, -0.2) is 30.4 Å². The third kappa shape index (κ3) is 3.60. The topological polar surface area (TPSA) is 83.7 Å². The first-order valence-electron chi connectivity index (χ1n) is 7.49. The number of aromatic nitrogens is 2. The molecule has 3 aromatic rings. The molecule has 0 aliphatic carbocycles. The molecule has 128 valence electrons. The summed E-state index contributed by atoms with van der Waals surface area (Å²) in [5, 5.41) is 7.83. The summed E-state index contributed by atoms with van der Waals surface area (Å²) in [6.45, 7) is -0.140. The molecule has 1 heterocycles. The number of esters is 1. The van der Waals surface area contributed by atoms with Gasteiger partial charge in [0.25, 0.3) is 5.89 Å². The van der Waals surface area contributed by atoms with Crippen molar-refractivity contribution in [1.29, 1.82) is 0 Å². The summed E-state index contributed by atoms with van der Waals surface area (Å²) in [4.78, 5) is 12.3. The summed E-state index contributed by atoms with van der Waals surface area (Å²) in [6.07, 6.45) is 0. The highest BCUT2D eigenvalue weighted by Gasteiger charge is 2.19. The average Bonchev–Trinajstić information content (AvgIpc) is 3.15. The van der Waals surface area contributed by atoms with Crippen LogP contribution in [0, 0.1) is 0 Å². The number of methoxy groups -OCH3 is 2. The molecule has 0 saturated carbocycles. The monoisotopic (exact) mass is 340 g/mol. The van der Waals surface area contributed by atoms with Gasteiger partial charge in [-0.2, -0.15) is 0 Å². The number of rotatable bonds is 6. The number of nitrogens with zero attached hydrogens (tertiary/aromatic N) is 2. The summed E-state index contributed by atoms with van der Waals surface area (Å²) in [5.74, 6) is 0.751. The van der Waals surface area contributed by atoms with Crippen LogP contribution in [-0.2, 0) is 11.3 Å². The van der Waals surface area contributed by atoms with Crippen LogP contribution in [0.2, 0.25) is 0 Å². The average molecular weight is 340 g/mol. The molecule has 0 bridgehead atoms. The van der Waals surface area contributed by atoms with Crippen molar-refractivity contribution >= 4 is 5.97 Å². The molecule has 0 amide bonds. The number of para-hydroxylation sites is 1. The quantitative estimate of drug-likeness (QED) is 0.637. The molecule has 2 aromatic carbocycles. The van der Waals surface area contributed by atoms with E-state index in [0.29, 0.717) is 17.4 Å². The molecular weight excluding hydrogens is 324 g/mol. The molecular formula is C18H16N2O5. The lowest BCUT2D eigenvalue weighted by Gasteiger charge is -2.11. The van der Waals surface area contributed by atoms with Gasteiger partial charge in [0.1, 0.15) is 5.56 Å². The van der Waals surface area contributed by atoms with Crippen molar-refractivity contribution in [3.8, 4) is 23.0 Å². The molecule has 0 radical (unpaired) electrons. The fraction of sp³-hybridized carbons (Fsp3) is 0.167. The van der Waals surface area contributed by atoms with Crippen molar-refractivity contribution in [3.05, 3.63) is 60.0 Å². The molecule has 0 spiro atoms. The Bertz CT molecular complexity index is 861. The first-order valence-corrected chi connectivity index (χ1v) is 7.49. The predicted molar refractivity (Wildman–Crippen MR) is 88.4 cm³/mol. The van der Waals surface area contributed by atoms with Gasteiger partial charge >= 0.3 is 5.97 Å². The van der Waals surface area contributed by atoms with Crippen molar-refractivity contribution in [2.24, 2.45) is 0 Å². The fourth-order valence-corrected chi connectivity index (χ4v) is 2.26. The van der Waals surface area contributed by atoms with Crippen molar-refractivity contribution < 1.29 is 23.4 Å². The molecule has 3 rings (SSSR count). The van der Waals surface area contributed by atoms with E-state index in [2.05, 4.69) is 10.2 Å². The van der Waals surface area contributed by atoms with E-state index < -0.39 is 5.97 Å². The number of hydrogen-bond donors (Lipinski definition) is 0. The maximum atomic E-state index is 12.3. The van der Waals surface area contributed by atoms with Gasteiger partial charge in [-0.1, -0.05) is 24.3 Å². The molecule has 0 fully saturated rings. The normalized spacial score (nSPS) is 10.3. The molecule has 0 aliphatic heterocycles. The number of ether oxygens (including phenoxy) is 3. The van der Waals surface area contributed by atoms with E-state index in [1.807, 2.05) is 30.3 Å². The van der Waals surface area contributed by atoms with E-state index in [-0.39, 0.29) is 18.1 Å². The lowest BCUT2D eigenvalue weighted by atomic mass is 10.2. The van der Waals surface area contributed by atoms with Crippen molar-refractivity contribution in [2.45, 2.75) is 6.61 Å². The van der Waals surface area contributed by atoms with E-state index in [9.17, 15) is 4.79 Å². The van der Waals surface area contributed by atoms with Gasteiger partial charge in [-0.15, -0.1) is 10.2 Å². The first-order chi connectivity index (χ1) is 12.2. The van der Waals surface area contributed by atoms with Gasteiger partial charge in [0, 0.05) is 5.56 Å². The number of hydrogen-bond acceptors (Lipinski definition) is 7. The lowest BCUT2D eigenvalue weighted by molar-refractivity contribution is 0.0434. The summed E-state index contributed by atoms with van der Waals surface area (Å²) < 4.78 is 21.1. The molecule has 7 nitrogen and oxygen atoms in total. The third-order valence-corrected chi connectivity index (χ3v) is 3.44. The van der Waals surface area contributed by atoms with Crippen LogP contribution in [0.15, 0.2) is 52.9 Å². The Labute approximate surface area is 144 Å². The zero-order chi connectivity index (χ0) is 17.6. The van der Waals surface area contributed by atoms with E-state index in [1.54, 1.807) is 18.2 Å². The number of carbonyl (C=O) groups is 1. The standard InChI is InChI=1S/C18H16N2O5/c1-22-14-10-6-9-13(16(14)23-2)18(21)24-11-15-19-20-17(25-15)12-7-4-3-5-8-12/h3-10H,11H2,1-2H3. The Balaban J connectivity index is 1.70. The van der Waals surface area contributed by atoms with E-state index in [0.717, 1.165) is 5.56 Å². The van der Waals surface area contributed by atoms with Crippen LogP contribution in [0.3, 0.4) is 0 Å². The highest BCUT2D eigenvalue weighted by atomic mass is 16.5. The zero-order valence-corrected chi connectivity index (χ0v) is 13.8. The van der Waals surface area contributed by atoms with Crippen molar-refractivity contribution in [1.82, 2.24) is 10.2 Å². The van der Waals surface area contributed by atoms with Gasteiger partial charge in [0.05, 0.1) is 14.2 Å². The summed E-state index contributed by atoms with van der Waals surface area (Å²) in [5.41, 5.74) is 1.05. The third-order valence-electron chi connectivity index (χ3n) is 3.44. The van der Waals surface area contributed by atoms with Crippen molar-refractivity contribution in [2.75, 3.05) is 14.2 Å². The lowest BCUT2D eigenvalue weighted by Crippen LogP contribution is -2.08. The Morgan fingerprint density at radius 3 is 2.52 bits per heavy atom. The van der Waals surface area contributed by atoms with E-state index >= 15 is 0 Å². The summed E-state index contributed by atoms with van der Waals surface area (Å²) in [7, 11) is 2.95. The van der Waals surface area contributed by atoms with Crippen LogP contribution in [0.1, 0.15) is 16.2 Å². The van der Waals surface area contributed by atoms with Gasteiger partial charge in [-0.25, -0.2) is 4.79 Å². The molecule has 7 heteroatoms. The number of carbonyl (C=O) groups excluding carboxylic acids is 1. The van der Waals surface area contributed by atoms with Gasteiger partial charge in [0.15, 0.2) is 18.1 Å². The smallest absolute Gasteiger partial charge is 0.342 e. The van der Waals surface area contributed by atoms with E-state index in [1.165, 1.54) is 14.2 Å². The SMILES string of the molecule is COc1cccc(C(=O)OCc2nnc(-c3ccccc3)o2)c1OC. The van der Waals surface area contributed by atoms with Crippen molar-refractivity contribution in [3.63, 3.8) is 0 Å². The van der Waals surface area contributed by atoms with Crippen LogP contribution in [0.25, 0.3) is 11.5 Å². The van der Waals surface area contributed by atoms with Gasteiger partial charge in [-0.05, 0) is 24.3 Å².